The molecule has 1 unspecified atom stereocenters. The van der Waals surface area contributed by atoms with E-state index in [1.165, 1.54) is 6.42 Å². The molecule has 1 aromatic rings. The molecule has 0 aromatic carbocycles. The van der Waals surface area contributed by atoms with E-state index in [0.717, 1.165) is 45.2 Å². The van der Waals surface area contributed by atoms with Crippen LogP contribution in [0.15, 0.2) is 12.4 Å². The number of nitrogens with zero attached hydrogens (tertiary/aromatic N) is 3. The van der Waals surface area contributed by atoms with Gasteiger partial charge in [0.05, 0.1) is 12.8 Å². The predicted octanol–water partition coefficient (Wildman–Crippen LogP) is 0.294. The SMILES string of the molecule is c1cn(CCCNCC2CCOC2)nn1. The van der Waals surface area contributed by atoms with Crippen molar-refractivity contribution in [2.75, 3.05) is 26.3 Å². The average Bonchev–Trinajstić information content (AvgIpc) is 2.88. The van der Waals surface area contributed by atoms with E-state index < -0.39 is 0 Å². The van der Waals surface area contributed by atoms with Crippen molar-refractivity contribution in [1.82, 2.24) is 20.3 Å². The molecule has 1 N–H and O–H groups in total. The quantitative estimate of drug-likeness (QED) is 0.686. The van der Waals surface area contributed by atoms with Crippen molar-refractivity contribution in [3.8, 4) is 0 Å². The smallest absolute Gasteiger partial charge is 0.0692 e. The van der Waals surface area contributed by atoms with Crippen LogP contribution in [0.1, 0.15) is 12.8 Å². The van der Waals surface area contributed by atoms with Crippen LogP contribution in [-0.4, -0.2) is 41.3 Å². The van der Waals surface area contributed by atoms with Gasteiger partial charge in [-0.15, -0.1) is 5.10 Å². The summed E-state index contributed by atoms with van der Waals surface area (Å²) in [7, 11) is 0. The monoisotopic (exact) mass is 210 g/mol. The van der Waals surface area contributed by atoms with Gasteiger partial charge in [0.1, 0.15) is 0 Å². The topological polar surface area (TPSA) is 52.0 Å². The lowest BCUT2D eigenvalue weighted by Crippen LogP contribution is -2.24. The van der Waals surface area contributed by atoms with Gasteiger partial charge in [-0.05, 0) is 25.3 Å². The van der Waals surface area contributed by atoms with E-state index in [0.29, 0.717) is 0 Å². The third-order valence-electron chi connectivity index (χ3n) is 2.67. The summed E-state index contributed by atoms with van der Waals surface area (Å²) < 4.78 is 7.17. The van der Waals surface area contributed by atoms with E-state index >= 15 is 0 Å². The summed E-state index contributed by atoms with van der Waals surface area (Å²) in [5.74, 6) is 0.719. The molecule has 5 nitrogen and oxygen atoms in total. The van der Waals surface area contributed by atoms with E-state index in [1.807, 2.05) is 10.9 Å². The van der Waals surface area contributed by atoms with Gasteiger partial charge in [0.25, 0.3) is 0 Å². The molecule has 1 aromatic heterocycles. The minimum Gasteiger partial charge on any atom is -0.381 e. The first-order valence-electron chi connectivity index (χ1n) is 5.58. The summed E-state index contributed by atoms with van der Waals surface area (Å²) in [4.78, 5) is 0. The van der Waals surface area contributed by atoms with Crippen LogP contribution in [-0.2, 0) is 11.3 Å². The van der Waals surface area contributed by atoms with Crippen LogP contribution in [0.25, 0.3) is 0 Å². The summed E-state index contributed by atoms with van der Waals surface area (Å²) in [6.45, 7) is 4.92. The van der Waals surface area contributed by atoms with Gasteiger partial charge in [-0.2, -0.15) is 0 Å². The molecule has 0 spiro atoms. The fourth-order valence-electron chi connectivity index (χ4n) is 1.77. The summed E-state index contributed by atoms with van der Waals surface area (Å²) in [6.07, 6.45) is 5.90. The van der Waals surface area contributed by atoms with Crippen molar-refractivity contribution >= 4 is 0 Å². The van der Waals surface area contributed by atoms with Crippen molar-refractivity contribution in [1.29, 1.82) is 0 Å². The molecular weight excluding hydrogens is 192 g/mol. The van der Waals surface area contributed by atoms with Crippen LogP contribution >= 0.6 is 0 Å². The largest absolute Gasteiger partial charge is 0.381 e. The van der Waals surface area contributed by atoms with Crippen LogP contribution in [0.3, 0.4) is 0 Å². The number of rotatable bonds is 6. The van der Waals surface area contributed by atoms with Crippen molar-refractivity contribution in [2.24, 2.45) is 5.92 Å². The molecule has 2 rings (SSSR count). The Morgan fingerprint density at radius 3 is 3.27 bits per heavy atom. The normalized spacial score (nSPS) is 20.9. The second kappa shape index (κ2) is 5.82. The van der Waals surface area contributed by atoms with Crippen molar-refractivity contribution in [3.05, 3.63) is 12.4 Å². The Morgan fingerprint density at radius 2 is 2.53 bits per heavy atom. The first kappa shape index (κ1) is 10.6. The Hall–Kier alpha value is -0.940. The zero-order valence-corrected chi connectivity index (χ0v) is 8.93. The summed E-state index contributed by atoms with van der Waals surface area (Å²) >= 11 is 0. The van der Waals surface area contributed by atoms with Crippen molar-refractivity contribution < 1.29 is 4.74 Å². The maximum atomic E-state index is 5.31. The molecule has 1 fully saturated rings. The van der Waals surface area contributed by atoms with Crippen LogP contribution in [0.2, 0.25) is 0 Å². The Bertz CT molecular complexity index is 256. The Kier molecular flexibility index (Phi) is 4.11. The van der Waals surface area contributed by atoms with Crippen molar-refractivity contribution in [3.63, 3.8) is 0 Å². The predicted molar refractivity (Wildman–Crippen MR) is 56.4 cm³/mol. The first-order chi connectivity index (χ1) is 7.45. The molecule has 1 aliphatic rings. The first-order valence-corrected chi connectivity index (χ1v) is 5.58. The Morgan fingerprint density at radius 1 is 1.53 bits per heavy atom. The minimum absolute atomic E-state index is 0.719. The van der Waals surface area contributed by atoms with E-state index in [1.54, 1.807) is 6.20 Å². The fourth-order valence-corrected chi connectivity index (χ4v) is 1.77. The highest BCUT2D eigenvalue weighted by molar-refractivity contribution is 4.67. The molecule has 0 bridgehead atoms. The fraction of sp³-hybridized carbons (Fsp3) is 0.800. The Balaban J connectivity index is 1.48. The molecule has 0 amide bonds. The number of nitrogens with one attached hydrogen (secondary N) is 1. The van der Waals surface area contributed by atoms with Gasteiger partial charge in [0.15, 0.2) is 0 Å². The summed E-state index contributed by atoms with van der Waals surface area (Å²) in [5, 5.41) is 11.1. The lowest BCUT2D eigenvalue weighted by molar-refractivity contribution is 0.185. The van der Waals surface area contributed by atoms with Gasteiger partial charge in [-0.25, -0.2) is 0 Å². The van der Waals surface area contributed by atoms with E-state index in [-0.39, 0.29) is 0 Å². The second-order valence-corrected chi connectivity index (χ2v) is 3.95. The molecule has 15 heavy (non-hydrogen) atoms. The number of hydrogen-bond acceptors (Lipinski definition) is 4. The average molecular weight is 210 g/mol. The standard InChI is InChI=1S/C10H18N4O/c1(5-14-6-4-12-13-14)3-11-8-10-2-7-15-9-10/h4,6,10-11H,1-3,5,7-9H2. The van der Waals surface area contributed by atoms with E-state index in [4.69, 9.17) is 4.74 Å². The second-order valence-electron chi connectivity index (χ2n) is 3.95. The number of aryl methyl sites for hydroxylation is 1. The van der Waals surface area contributed by atoms with Crippen LogP contribution in [0.4, 0.5) is 0 Å². The number of ether oxygens (including phenoxy) is 1. The number of hydrogen-bond donors (Lipinski definition) is 1. The molecule has 1 aliphatic heterocycles. The highest BCUT2D eigenvalue weighted by atomic mass is 16.5. The van der Waals surface area contributed by atoms with Gasteiger partial charge in [0, 0.05) is 25.9 Å². The minimum atomic E-state index is 0.719. The van der Waals surface area contributed by atoms with Crippen LogP contribution in [0.5, 0.6) is 0 Å². The van der Waals surface area contributed by atoms with Gasteiger partial charge in [-0.1, -0.05) is 5.21 Å². The molecule has 0 radical (unpaired) electrons. The lowest BCUT2D eigenvalue weighted by atomic mass is 10.1. The van der Waals surface area contributed by atoms with Gasteiger partial charge in [0.2, 0.25) is 0 Å². The van der Waals surface area contributed by atoms with E-state index in [9.17, 15) is 0 Å². The molecule has 0 aliphatic carbocycles. The van der Waals surface area contributed by atoms with Crippen molar-refractivity contribution in [2.45, 2.75) is 19.4 Å². The maximum absolute atomic E-state index is 5.31. The number of aromatic nitrogens is 3. The molecule has 84 valence electrons. The summed E-state index contributed by atoms with van der Waals surface area (Å²) in [5.41, 5.74) is 0. The highest BCUT2D eigenvalue weighted by Gasteiger charge is 2.14. The zero-order chi connectivity index (χ0) is 10.3. The zero-order valence-electron chi connectivity index (χ0n) is 8.93. The van der Waals surface area contributed by atoms with Crippen LogP contribution < -0.4 is 5.32 Å². The third kappa shape index (κ3) is 3.60. The highest BCUT2D eigenvalue weighted by Crippen LogP contribution is 2.10. The summed E-state index contributed by atoms with van der Waals surface area (Å²) in [6, 6.07) is 0. The van der Waals surface area contributed by atoms with Gasteiger partial charge in [-0.3, -0.25) is 4.68 Å². The van der Waals surface area contributed by atoms with Crippen LogP contribution in [0, 0.1) is 5.92 Å². The maximum Gasteiger partial charge on any atom is 0.0692 e. The molecule has 5 heteroatoms. The van der Waals surface area contributed by atoms with Gasteiger partial charge >= 0.3 is 0 Å². The molecular formula is C10H18N4O. The van der Waals surface area contributed by atoms with E-state index in [2.05, 4.69) is 15.6 Å². The molecule has 1 saturated heterocycles. The Labute approximate surface area is 89.8 Å². The lowest BCUT2D eigenvalue weighted by Gasteiger charge is -2.08. The van der Waals surface area contributed by atoms with Gasteiger partial charge < -0.3 is 10.1 Å². The molecule has 2 heterocycles. The third-order valence-corrected chi connectivity index (χ3v) is 2.67. The molecule has 1 atom stereocenters. The molecule has 0 saturated carbocycles.